The van der Waals surface area contributed by atoms with Crippen LogP contribution in [0.3, 0.4) is 0 Å². The summed E-state index contributed by atoms with van der Waals surface area (Å²) in [6.45, 7) is 5.89. The number of unbranched alkanes of at least 4 members (excludes halogenated alkanes) is 1. The van der Waals surface area contributed by atoms with E-state index in [2.05, 4.69) is 37.9 Å². The van der Waals surface area contributed by atoms with E-state index in [9.17, 15) is 0 Å². The molecule has 2 rings (SSSR count). The van der Waals surface area contributed by atoms with Crippen LogP contribution in [0.2, 0.25) is 0 Å². The van der Waals surface area contributed by atoms with Gasteiger partial charge in [-0.05, 0) is 43.9 Å². The maximum atomic E-state index is 5.17. The quantitative estimate of drug-likeness (QED) is 0.413. The first-order valence-corrected chi connectivity index (χ1v) is 8.65. The van der Waals surface area contributed by atoms with Crippen molar-refractivity contribution >= 4 is 5.96 Å². The zero-order chi connectivity index (χ0) is 17.9. The van der Waals surface area contributed by atoms with Crippen LogP contribution in [-0.4, -0.2) is 36.3 Å². The van der Waals surface area contributed by atoms with E-state index in [4.69, 9.17) is 9.26 Å². The molecule has 25 heavy (non-hydrogen) atoms. The van der Waals surface area contributed by atoms with Crippen molar-refractivity contribution in [2.45, 2.75) is 39.7 Å². The lowest BCUT2D eigenvalue weighted by Gasteiger charge is -2.10. The standard InChI is InChI=1S/C18H27N5O2/c1-4-19-18(21-13-17-22-14(2)25-23-17)20-12-6-5-7-15-8-10-16(24-3)11-9-15/h8-11H,4-7,12-13H2,1-3H3,(H2,19,20,21). The van der Waals surface area contributed by atoms with E-state index in [0.29, 0.717) is 18.3 Å². The van der Waals surface area contributed by atoms with Crippen LogP contribution in [0.1, 0.15) is 37.0 Å². The number of aliphatic imine (C=N–C) groups is 1. The van der Waals surface area contributed by atoms with E-state index in [-0.39, 0.29) is 0 Å². The molecule has 0 amide bonds. The number of nitrogens with one attached hydrogen (secondary N) is 2. The summed E-state index contributed by atoms with van der Waals surface area (Å²) in [5.74, 6) is 2.82. The van der Waals surface area contributed by atoms with Gasteiger partial charge in [0.15, 0.2) is 11.8 Å². The molecule has 0 aliphatic rings. The van der Waals surface area contributed by atoms with Gasteiger partial charge in [-0.25, -0.2) is 4.99 Å². The second kappa shape index (κ2) is 10.3. The van der Waals surface area contributed by atoms with E-state index < -0.39 is 0 Å². The van der Waals surface area contributed by atoms with Crippen LogP contribution in [0.5, 0.6) is 5.75 Å². The fraction of sp³-hybridized carbons (Fsp3) is 0.500. The fourth-order valence-corrected chi connectivity index (χ4v) is 2.35. The second-order valence-corrected chi connectivity index (χ2v) is 5.66. The van der Waals surface area contributed by atoms with Gasteiger partial charge >= 0.3 is 0 Å². The topological polar surface area (TPSA) is 84.6 Å². The molecule has 0 spiro atoms. The Bertz CT molecular complexity index is 652. The first-order valence-electron chi connectivity index (χ1n) is 8.65. The van der Waals surface area contributed by atoms with Crippen LogP contribution in [0.25, 0.3) is 0 Å². The van der Waals surface area contributed by atoms with Crippen LogP contribution in [0.15, 0.2) is 33.8 Å². The van der Waals surface area contributed by atoms with Crippen LogP contribution in [-0.2, 0) is 13.0 Å². The number of hydrogen-bond donors (Lipinski definition) is 2. The number of ether oxygens (including phenoxy) is 1. The summed E-state index contributed by atoms with van der Waals surface area (Å²) in [5.41, 5.74) is 1.33. The predicted molar refractivity (Wildman–Crippen MR) is 97.8 cm³/mol. The van der Waals surface area contributed by atoms with Crippen LogP contribution in [0.4, 0.5) is 0 Å². The normalized spacial score (nSPS) is 11.4. The van der Waals surface area contributed by atoms with Crippen molar-refractivity contribution in [2.24, 2.45) is 4.99 Å². The van der Waals surface area contributed by atoms with Gasteiger partial charge in [-0.2, -0.15) is 4.98 Å². The molecule has 7 heteroatoms. The van der Waals surface area contributed by atoms with Gasteiger partial charge in [0, 0.05) is 20.0 Å². The lowest BCUT2D eigenvalue weighted by molar-refractivity contribution is 0.387. The third-order valence-corrected chi connectivity index (χ3v) is 3.64. The van der Waals surface area contributed by atoms with Gasteiger partial charge < -0.3 is 19.9 Å². The number of rotatable bonds is 9. The lowest BCUT2D eigenvalue weighted by atomic mass is 10.1. The second-order valence-electron chi connectivity index (χ2n) is 5.66. The number of aryl methyl sites for hydroxylation is 2. The van der Waals surface area contributed by atoms with Gasteiger partial charge in [0.05, 0.1) is 7.11 Å². The molecule has 0 fully saturated rings. The average molecular weight is 345 g/mol. The molecule has 1 heterocycles. The maximum absolute atomic E-state index is 5.17. The molecule has 0 bridgehead atoms. The highest BCUT2D eigenvalue weighted by Gasteiger charge is 2.02. The van der Waals surface area contributed by atoms with Gasteiger partial charge in [0.25, 0.3) is 0 Å². The van der Waals surface area contributed by atoms with Crippen molar-refractivity contribution in [3.05, 3.63) is 41.5 Å². The Labute approximate surface area is 148 Å². The van der Waals surface area contributed by atoms with Crippen molar-refractivity contribution < 1.29 is 9.26 Å². The van der Waals surface area contributed by atoms with Gasteiger partial charge in [-0.3, -0.25) is 0 Å². The maximum Gasteiger partial charge on any atom is 0.223 e. The minimum atomic E-state index is 0.401. The molecule has 2 aromatic rings. The third kappa shape index (κ3) is 6.82. The van der Waals surface area contributed by atoms with Gasteiger partial charge in [0.2, 0.25) is 5.89 Å². The van der Waals surface area contributed by atoms with Crippen molar-refractivity contribution in [2.75, 3.05) is 20.2 Å². The molecule has 0 aliphatic carbocycles. The van der Waals surface area contributed by atoms with Crippen molar-refractivity contribution in [1.29, 1.82) is 0 Å². The zero-order valence-corrected chi connectivity index (χ0v) is 15.2. The van der Waals surface area contributed by atoms with Crippen LogP contribution < -0.4 is 15.4 Å². The predicted octanol–water partition coefficient (Wildman–Crippen LogP) is 2.46. The third-order valence-electron chi connectivity index (χ3n) is 3.64. The Morgan fingerprint density at radius 3 is 2.64 bits per heavy atom. The Balaban J connectivity index is 1.69. The molecule has 2 N–H and O–H groups in total. The summed E-state index contributed by atoms with van der Waals surface area (Å²) in [6.07, 6.45) is 3.24. The number of nitrogens with zero attached hydrogens (tertiary/aromatic N) is 3. The molecular weight excluding hydrogens is 318 g/mol. The van der Waals surface area contributed by atoms with Gasteiger partial charge in [-0.15, -0.1) is 0 Å². The van der Waals surface area contributed by atoms with E-state index >= 15 is 0 Å². The minimum absolute atomic E-state index is 0.401. The summed E-state index contributed by atoms with van der Waals surface area (Å²) in [5, 5.41) is 10.4. The smallest absolute Gasteiger partial charge is 0.223 e. The molecule has 0 saturated carbocycles. The molecule has 0 saturated heterocycles. The molecular formula is C18H27N5O2. The van der Waals surface area contributed by atoms with Gasteiger partial charge in [0.1, 0.15) is 12.3 Å². The Hall–Kier alpha value is -2.57. The Morgan fingerprint density at radius 2 is 2.00 bits per heavy atom. The summed E-state index contributed by atoms with van der Waals surface area (Å²) >= 11 is 0. The van der Waals surface area contributed by atoms with Crippen LogP contribution >= 0.6 is 0 Å². The zero-order valence-electron chi connectivity index (χ0n) is 15.2. The molecule has 136 valence electrons. The first kappa shape index (κ1) is 18.8. The van der Waals surface area contributed by atoms with E-state index in [1.807, 2.05) is 19.1 Å². The van der Waals surface area contributed by atoms with Crippen molar-refractivity contribution in [1.82, 2.24) is 20.8 Å². The molecule has 0 radical (unpaired) electrons. The minimum Gasteiger partial charge on any atom is -0.497 e. The summed E-state index contributed by atoms with van der Waals surface area (Å²) in [6, 6.07) is 8.24. The molecule has 7 nitrogen and oxygen atoms in total. The summed E-state index contributed by atoms with van der Waals surface area (Å²) in [4.78, 5) is 8.62. The highest BCUT2D eigenvalue weighted by Crippen LogP contribution is 2.12. The monoisotopic (exact) mass is 345 g/mol. The highest BCUT2D eigenvalue weighted by atomic mass is 16.5. The van der Waals surface area contributed by atoms with E-state index in [1.54, 1.807) is 14.0 Å². The van der Waals surface area contributed by atoms with E-state index in [0.717, 1.165) is 44.1 Å². The SMILES string of the molecule is CCNC(=NCc1noc(C)n1)NCCCCc1ccc(OC)cc1. The summed E-state index contributed by atoms with van der Waals surface area (Å²) in [7, 11) is 1.68. The van der Waals surface area contributed by atoms with Crippen molar-refractivity contribution in [3.8, 4) is 5.75 Å². The first-order chi connectivity index (χ1) is 12.2. The van der Waals surface area contributed by atoms with Gasteiger partial charge in [-0.1, -0.05) is 17.3 Å². The van der Waals surface area contributed by atoms with Crippen molar-refractivity contribution in [3.63, 3.8) is 0 Å². The summed E-state index contributed by atoms with van der Waals surface area (Å²) < 4.78 is 10.1. The molecule has 0 atom stereocenters. The fourth-order valence-electron chi connectivity index (χ4n) is 2.35. The largest absolute Gasteiger partial charge is 0.497 e. The Morgan fingerprint density at radius 1 is 1.20 bits per heavy atom. The number of hydrogen-bond acceptors (Lipinski definition) is 5. The average Bonchev–Trinajstić information content (AvgIpc) is 3.05. The lowest BCUT2D eigenvalue weighted by Crippen LogP contribution is -2.37. The molecule has 1 aromatic carbocycles. The number of methoxy groups -OCH3 is 1. The number of aromatic nitrogens is 2. The van der Waals surface area contributed by atoms with Crippen LogP contribution in [0, 0.1) is 6.92 Å². The molecule has 0 aliphatic heterocycles. The molecule has 1 aromatic heterocycles. The number of benzene rings is 1. The number of guanidine groups is 1. The van der Waals surface area contributed by atoms with E-state index in [1.165, 1.54) is 5.56 Å². The molecule has 0 unspecified atom stereocenters. The Kier molecular flexibility index (Phi) is 7.75. The highest BCUT2D eigenvalue weighted by molar-refractivity contribution is 5.79.